The summed E-state index contributed by atoms with van der Waals surface area (Å²) in [4.78, 5) is 12.0. The lowest BCUT2D eigenvalue weighted by Gasteiger charge is -2.14. The van der Waals surface area contributed by atoms with E-state index in [-0.39, 0.29) is 18.2 Å². The van der Waals surface area contributed by atoms with Gasteiger partial charge in [0.25, 0.3) is 5.56 Å². The topological polar surface area (TPSA) is 67.2 Å². The van der Waals surface area contributed by atoms with Gasteiger partial charge in [0.15, 0.2) is 0 Å². The van der Waals surface area contributed by atoms with Gasteiger partial charge in [0, 0.05) is 12.6 Å². The second kappa shape index (κ2) is 5.18. The highest BCUT2D eigenvalue weighted by atomic mass is 79.9. The monoisotopic (exact) mass is 301 g/mol. The highest BCUT2D eigenvalue weighted by Gasteiger charge is 2.23. The third-order valence-corrected chi connectivity index (χ3v) is 3.56. The van der Waals surface area contributed by atoms with Crippen molar-refractivity contribution in [2.24, 2.45) is 5.92 Å². The third kappa shape index (κ3) is 3.07. The summed E-state index contributed by atoms with van der Waals surface area (Å²) >= 11 is 3.28. The predicted octanol–water partition coefficient (Wildman–Crippen LogP) is 1.21. The van der Waals surface area contributed by atoms with E-state index in [1.54, 1.807) is 6.20 Å². The van der Waals surface area contributed by atoms with Gasteiger partial charge in [-0.1, -0.05) is 0 Å². The molecular weight excluding hydrogens is 286 g/mol. The molecule has 0 spiro atoms. The quantitative estimate of drug-likeness (QED) is 0.858. The molecule has 1 aromatic rings. The average Bonchev–Trinajstić information content (AvgIpc) is 3.12. The number of anilines is 1. The van der Waals surface area contributed by atoms with Crippen molar-refractivity contribution in [3.8, 4) is 0 Å². The summed E-state index contributed by atoms with van der Waals surface area (Å²) < 4.78 is 1.98. The summed E-state index contributed by atoms with van der Waals surface area (Å²) in [5.74, 6) is 0.613. The number of nitrogens with one attached hydrogen (secondary N) is 1. The number of rotatable bonds is 5. The highest BCUT2D eigenvalue weighted by molar-refractivity contribution is 9.10. The fourth-order valence-corrected chi connectivity index (χ4v) is 1.97. The Morgan fingerprint density at radius 2 is 2.41 bits per heavy atom. The Kier molecular flexibility index (Phi) is 3.83. The maximum absolute atomic E-state index is 12.0. The lowest BCUT2D eigenvalue weighted by molar-refractivity contribution is 0.281. The van der Waals surface area contributed by atoms with E-state index in [4.69, 9.17) is 5.11 Å². The van der Waals surface area contributed by atoms with Crippen LogP contribution in [0.5, 0.6) is 0 Å². The zero-order valence-corrected chi connectivity index (χ0v) is 11.3. The Hall–Kier alpha value is -0.880. The van der Waals surface area contributed by atoms with Gasteiger partial charge in [-0.2, -0.15) is 5.10 Å². The van der Waals surface area contributed by atoms with E-state index in [0.29, 0.717) is 22.6 Å². The van der Waals surface area contributed by atoms with Crippen molar-refractivity contribution in [2.45, 2.75) is 32.4 Å². The molecule has 0 saturated heterocycles. The molecule has 17 heavy (non-hydrogen) atoms. The van der Waals surface area contributed by atoms with E-state index in [2.05, 4.69) is 26.3 Å². The van der Waals surface area contributed by atoms with Gasteiger partial charge in [0.2, 0.25) is 0 Å². The molecule has 1 atom stereocenters. The largest absolute Gasteiger partial charge is 0.394 e. The van der Waals surface area contributed by atoms with Gasteiger partial charge >= 0.3 is 0 Å². The molecule has 0 amide bonds. The number of aliphatic hydroxyl groups excluding tert-OH is 1. The molecule has 0 aromatic carbocycles. The Balaban J connectivity index is 2.19. The van der Waals surface area contributed by atoms with E-state index >= 15 is 0 Å². The number of aliphatic hydroxyl groups is 1. The number of hydrogen-bond acceptors (Lipinski definition) is 4. The molecule has 2 rings (SSSR count). The first kappa shape index (κ1) is 12.6. The van der Waals surface area contributed by atoms with Crippen LogP contribution in [0.4, 0.5) is 5.69 Å². The van der Waals surface area contributed by atoms with Crippen molar-refractivity contribution < 1.29 is 5.11 Å². The van der Waals surface area contributed by atoms with Crippen molar-refractivity contribution >= 4 is 21.6 Å². The van der Waals surface area contributed by atoms with Gasteiger partial charge in [0.05, 0.1) is 18.5 Å². The maximum Gasteiger partial charge on any atom is 0.283 e. The average molecular weight is 302 g/mol. The Bertz CT molecular complexity index is 457. The fraction of sp³-hybridized carbons (Fsp3) is 0.636. The second-order valence-corrected chi connectivity index (χ2v) is 5.32. The molecule has 0 bridgehead atoms. The van der Waals surface area contributed by atoms with Gasteiger partial charge in [0.1, 0.15) is 4.47 Å². The Morgan fingerprint density at radius 3 is 3.00 bits per heavy atom. The molecule has 2 N–H and O–H groups in total. The van der Waals surface area contributed by atoms with Crippen LogP contribution in [-0.2, 0) is 6.54 Å². The van der Waals surface area contributed by atoms with Crippen LogP contribution in [0.2, 0.25) is 0 Å². The van der Waals surface area contributed by atoms with E-state index < -0.39 is 0 Å². The number of hydrogen-bond donors (Lipinski definition) is 2. The van der Waals surface area contributed by atoms with Crippen LogP contribution in [0.1, 0.15) is 19.8 Å². The van der Waals surface area contributed by atoms with Crippen molar-refractivity contribution in [1.82, 2.24) is 9.78 Å². The molecule has 1 aromatic heterocycles. The molecule has 5 nitrogen and oxygen atoms in total. The summed E-state index contributed by atoms with van der Waals surface area (Å²) in [6, 6.07) is -0.105. The molecule has 94 valence electrons. The smallest absolute Gasteiger partial charge is 0.283 e. The SMILES string of the molecule is CC(CO)Nc1cnn(CC2CC2)c(=O)c1Br. The van der Waals surface area contributed by atoms with Crippen molar-refractivity contribution in [1.29, 1.82) is 0 Å². The van der Waals surface area contributed by atoms with Crippen molar-refractivity contribution in [3.63, 3.8) is 0 Å². The first-order valence-electron chi connectivity index (χ1n) is 5.75. The van der Waals surface area contributed by atoms with E-state index in [0.717, 1.165) is 0 Å². The van der Waals surface area contributed by atoms with Crippen molar-refractivity contribution in [2.75, 3.05) is 11.9 Å². The lowest BCUT2D eigenvalue weighted by Crippen LogP contribution is -2.27. The van der Waals surface area contributed by atoms with Gasteiger partial charge in [-0.3, -0.25) is 4.79 Å². The zero-order valence-electron chi connectivity index (χ0n) is 9.69. The molecule has 1 heterocycles. The summed E-state index contributed by atoms with van der Waals surface area (Å²) in [6.45, 7) is 2.55. The van der Waals surface area contributed by atoms with Gasteiger partial charge in [-0.15, -0.1) is 0 Å². The third-order valence-electron chi connectivity index (χ3n) is 2.79. The molecule has 6 heteroatoms. The van der Waals surface area contributed by atoms with Crippen LogP contribution in [0, 0.1) is 5.92 Å². The van der Waals surface area contributed by atoms with Crippen LogP contribution in [0.25, 0.3) is 0 Å². The molecule has 1 aliphatic carbocycles. The van der Waals surface area contributed by atoms with Gasteiger partial charge in [-0.05, 0) is 41.6 Å². The fourth-order valence-electron chi connectivity index (χ4n) is 1.55. The summed E-state index contributed by atoms with van der Waals surface area (Å²) in [5.41, 5.74) is 0.510. The number of halogens is 1. The van der Waals surface area contributed by atoms with Crippen LogP contribution in [0.15, 0.2) is 15.5 Å². The zero-order chi connectivity index (χ0) is 12.4. The number of nitrogens with zero attached hydrogens (tertiary/aromatic N) is 2. The minimum Gasteiger partial charge on any atom is -0.394 e. The molecular formula is C11H16BrN3O2. The normalized spacial score (nSPS) is 16.9. The lowest BCUT2D eigenvalue weighted by atomic mass is 10.3. The Morgan fingerprint density at radius 1 is 1.71 bits per heavy atom. The predicted molar refractivity (Wildman–Crippen MR) is 69.1 cm³/mol. The van der Waals surface area contributed by atoms with E-state index in [9.17, 15) is 4.79 Å². The van der Waals surface area contributed by atoms with E-state index in [1.165, 1.54) is 17.5 Å². The Labute approximate surface area is 108 Å². The molecule has 1 aliphatic rings. The summed E-state index contributed by atoms with van der Waals surface area (Å²) in [5, 5.41) is 16.1. The van der Waals surface area contributed by atoms with Gasteiger partial charge in [-0.25, -0.2) is 4.68 Å². The second-order valence-electron chi connectivity index (χ2n) is 4.53. The molecule has 0 radical (unpaired) electrons. The molecule has 1 unspecified atom stereocenters. The van der Waals surface area contributed by atoms with E-state index in [1.807, 2.05) is 6.92 Å². The molecule has 1 fully saturated rings. The maximum atomic E-state index is 12.0. The van der Waals surface area contributed by atoms with Crippen molar-refractivity contribution in [3.05, 3.63) is 21.0 Å². The summed E-state index contributed by atoms with van der Waals surface area (Å²) in [6.07, 6.45) is 4.00. The summed E-state index contributed by atoms with van der Waals surface area (Å²) in [7, 11) is 0. The number of aromatic nitrogens is 2. The van der Waals surface area contributed by atoms with Crippen LogP contribution < -0.4 is 10.9 Å². The van der Waals surface area contributed by atoms with Crippen LogP contribution in [0.3, 0.4) is 0 Å². The minimum atomic E-state index is -0.118. The molecule has 0 aliphatic heterocycles. The standard InChI is InChI=1S/C11H16BrN3O2/c1-7(6-16)14-9-4-13-15(5-8-2-3-8)11(17)10(9)12/h4,7-8,14,16H,2-3,5-6H2,1H3. The van der Waals surface area contributed by atoms with Crippen LogP contribution >= 0.6 is 15.9 Å². The van der Waals surface area contributed by atoms with Crippen LogP contribution in [-0.4, -0.2) is 27.5 Å². The van der Waals surface area contributed by atoms with Gasteiger partial charge < -0.3 is 10.4 Å². The molecule has 1 saturated carbocycles. The minimum absolute atomic E-state index is 0.0115. The first-order valence-corrected chi connectivity index (χ1v) is 6.54. The first-order chi connectivity index (χ1) is 8.11. The highest BCUT2D eigenvalue weighted by Crippen LogP contribution is 2.30.